The van der Waals surface area contributed by atoms with E-state index < -0.39 is 6.10 Å². The zero-order valence-electron chi connectivity index (χ0n) is 8.81. The molecule has 1 unspecified atom stereocenters. The van der Waals surface area contributed by atoms with E-state index in [0.29, 0.717) is 11.4 Å². The van der Waals surface area contributed by atoms with Gasteiger partial charge in [-0.05, 0) is 24.1 Å². The first kappa shape index (κ1) is 11.8. The van der Waals surface area contributed by atoms with Crippen molar-refractivity contribution in [1.29, 1.82) is 0 Å². The summed E-state index contributed by atoms with van der Waals surface area (Å²) in [5.41, 5.74) is 7.45. The van der Waals surface area contributed by atoms with E-state index in [1.807, 2.05) is 19.1 Å². The number of rotatable bonds is 5. The second kappa shape index (κ2) is 5.58. The van der Waals surface area contributed by atoms with Crippen molar-refractivity contribution >= 4 is 5.69 Å². The van der Waals surface area contributed by atoms with E-state index in [2.05, 4.69) is 0 Å². The van der Waals surface area contributed by atoms with Gasteiger partial charge in [-0.15, -0.1) is 0 Å². The van der Waals surface area contributed by atoms with Crippen LogP contribution in [0.4, 0.5) is 5.69 Å². The standard InChI is InChI=1S/C11H17NO3/c1-2-8-3-4-11(10(12)5-8)15-7-9(14)6-13/h3-5,9,13-14H,2,6-7,12H2,1H3. The molecule has 0 fully saturated rings. The fourth-order valence-corrected chi connectivity index (χ4v) is 1.19. The Bertz CT molecular complexity index is 315. The van der Waals surface area contributed by atoms with Crippen LogP contribution >= 0.6 is 0 Å². The van der Waals surface area contributed by atoms with Gasteiger partial charge in [0.1, 0.15) is 18.5 Å². The number of aryl methyl sites for hydroxylation is 1. The highest BCUT2D eigenvalue weighted by molar-refractivity contribution is 5.54. The van der Waals surface area contributed by atoms with Crippen molar-refractivity contribution in [3.63, 3.8) is 0 Å². The van der Waals surface area contributed by atoms with Crippen LogP contribution in [-0.2, 0) is 6.42 Å². The molecule has 0 saturated carbocycles. The molecule has 0 aliphatic carbocycles. The molecule has 84 valence electrons. The molecule has 0 amide bonds. The molecule has 0 spiro atoms. The van der Waals surface area contributed by atoms with Crippen molar-refractivity contribution in [3.05, 3.63) is 23.8 Å². The lowest BCUT2D eigenvalue weighted by atomic mass is 10.1. The van der Waals surface area contributed by atoms with Crippen LogP contribution in [0.1, 0.15) is 12.5 Å². The van der Waals surface area contributed by atoms with Crippen molar-refractivity contribution < 1.29 is 14.9 Å². The number of hydrogen-bond acceptors (Lipinski definition) is 4. The molecule has 0 radical (unpaired) electrons. The van der Waals surface area contributed by atoms with Crippen LogP contribution in [0.3, 0.4) is 0 Å². The highest BCUT2D eigenvalue weighted by atomic mass is 16.5. The van der Waals surface area contributed by atoms with E-state index in [1.165, 1.54) is 0 Å². The van der Waals surface area contributed by atoms with Gasteiger partial charge >= 0.3 is 0 Å². The van der Waals surface area contributed by atoms with Crippen molar-refractivity contribution in [2.24, 2.45) is 0 Å². The highest BCUT2D eigenvalue weighted by Crippen LogP contribution is 2.22. The van der Waals surface area contributed by atoms with Crippen molar-refractivity contribution in [2.45, 2.75) is 19.4 Å². The molecule has 1 aromatic rings. The van der Waals surface area contributed by atoms with Crippen LogP contribution in [-0.4, -0.2) is 29.5 Å². The number of benzene rings is 1. The molecule has 0 aliphatic heterocycles. The van der Waals surface area contributed by atoms with E-state index in [1.54, 1.807) is 6.07 Å². The average Bonchev–Trinajstić information content (AvgIpc) is 2.26. The Kier molecular flexibility index (Phi) is 4.39. The Morgan fingerprint density at radius 1 is 1.47 bits per heavy atom. The maximum Gasteiger partial charge on any atom is 0.142 e. The summed E-state index contributed by atoms with van der Waals surface area (Å²) in [6, 6.07) is 5.55. The molecule has 15 heavy (non-hydrogen) atoms. The van der Waals surface area contributed by atoms with E-state index in [9.17, 15) is 0 Å². The average molecular weight is 211 g/mol. The molecular formula is C11H17NO3. The summed E-state index contributed by atoms with van der Waals surface area (Å²) in [6.07, 6.45) is 0.0549. The second-order valence-electron chi connectivity index (χ2n) is 3.37. The predicted octanol–water partition coefficient (Wildman–Crippen LogP) is 0.563. The number of nitrogens with two attached hydrogens (primary N) is 1. The lowest BCUT2D eigenvalue weighted by molar-refractivity contribution is 0.0538. The van der Waals surface area contributed by atoms with Gasteiger partial charge < -0.3 is 20.7 Å². The molecule has 0 aliphatic rings. The summed E-state index contributed by atoms with van der Waals surface area (Å²) in [6.45, 7) is 1.78. The summed E-state index contributed by atoms with van der Waals surface area (Å²) in [5, 5.41) is 17.7. The third-order valence-corrected chi connectivity index (χ3v) is 2.12. The molecule has 4 heteroatoms. The largest absolute Gasteiger partial charge is 0.489 e. The van der Waals surface area contributed by atoms with Gasteiger partial charge in [-0.3, -0.25) is 0 Å². The quantitative estimate of drug-likeness (QED) is 0.622. The number of aliphatic hydroxyl groups excluding tert-OH is 2. The van der Waals surface area contributed by atoms with Gasteiger partial charge in [0.25, 0.3) is 0 Å². The summed E-state index contributed by atoms with van der Waals surface area (Å²) in [4.78, 5) is 0. The van der Waals surface area contributed by atoms with Crippen LogP contribution in [0.25, 0.3) is 0 Å². The zero-order chi connectivity index (χ0) is 11.3. The van der Waals surface area contributed by atoms with Crippen LogP contribution < -0.4 is 10.5 Å². The molecule has 4 N–H and O–H groups in total. The molecule has 0 saturated heterocycles. The lowest BCUT2D eigenvalue weighted by Gasteiger charge is -2.12. The minimum Gasteiger partial charge on any atom is -0.489 e. The number of anilines is 1. The molecule has 1 rings (SSSR count). The molecule has 1 atom stereocenters. The van der Waals surface area contributed by atoms with Crippen LogP contribution in [0.2, 0.25) is 0 Å². The highest BCUT2D eigenvalue weighted by Gasteiger charge is 2.05. The zero-order valence-corrected chi connectivity index (χ0v) is 8.81. The van der Waals surface area contributed by atoms with Crippen molar-refractivity contribution in [3.8, 4) is 5.75 Å². The first-order chi connectivity index (χ1) is 7.17. The number of nitrogen functional groups attached to an aromatic ring is 1. The third kappa shape index (κ3) is 3.42. The first-order valence-electron chi connectivity index (χ1n) is 4.97. The van der Waals surface area contributed by atoms with E-state index in [4.69, 9.17) is 20.7 Å². The Balaban J connectivity index is 2.62. The smallest absolute Gasteiger partial charge is 0.142 e. The van der Waals surface area contributed by atoms with Gasteiger partial charge in [0.15, 0.2) is 0 Å². The fraction of sp³-hybridized carbons (Fsp3) is 0.455. The molecule has 1 aromatic carbocycles. The first-order valence-corrected chi connectivity index (χ1v) is 4.97. The molecular weight excluding hydrogens is 194 g/mol. The number of ether oxygens (including phenoxy) is 1. The maximum absolute atomic E-state index is 9.10. The number of aliphatic hydroxyl groups is 2. The van der Waals surface area contributed by atoms with Gasteiger partial charge in [0.2, 0.25) is 0 Å². The Labute approximate surface area is 89.3 Å². The van der Waals surface area contributed by atoms with Gasteiger partial charge in [-0.2, -0.15) is 0 Å². The van der Waals surface area contributed by atoms with Gasteiger partial charge in [0.05, 0.1) is 12.3 Å². The monoisotopic (exact) mass is 211 g/mol. The van der Waals surface area contributed by atoms with Gasteiger partial charge in [0, 0.05) is 0 Å². The minimum absolute atomic E-state index is 0.0478. The molecule has 0 heterocycles. The van der Waals surface area contributed by atoms with Crippen LogP contribution in [0.15, 0.2) is 18.2 Å². The fourth-order valence-electron chi connectivity index (χ4n) is 1.19. The molecule has 0 bridgehead atoms. The van der Waals surface area contributed by atoms with Crippen molar-refractivity contribution in [2.75, 3.05) is 18.9 Å². The Morgan fingerprint density at radius 2 is 2.20 bits per heavy atom. The topological polar surface area (TPSA) is 75.7 Å². The normalized spacial score (nSPS) is 12.5. The summed E-state index contributed by atoms with van der Waals surface area (Å²) in [7, 11) is 0. The van der Waals surface area contributed by atoms with Crippen LogP contribution in [0.5, 0.6) is 5.75 Å². The van der Waals surface area contributed by atoms with Gasteiger partial charge in [-0.25, -0.2) is 0 Å². The van der Waals surface area contributed by atoms with E-state index in [-0.39, 0.29) is 13.2 Å². The lowest BCUT2D eigenvalue weighted by Crippen LogP contribution is -2.21. The van der Waals surface area contributed by atoms with Crippen molar-refractivity contribution in [1.82, 2.24) is 0 Å². The Hall–Kier alpha value is -1.26. The molecule has 0 aromatic heterocycles. The SMILES string of the molecule is CCc1ccc(OCC(O)CO)c(N)c1. The third-order valence-electron chi connectivity index (χ3n) is 2.12. The second-order valence-corrected chi connectivity index (χ2v) is 3.37. The van der Waals surface area contributed by atoms with E-state index in [0.717, 1.165) is 12.0 Å². The van der Waals surface area contributed by atoms with Crippen LogP contribution in [0, 0.1) is 0 Å². The van der Waals surface area contributed by atoms with E-state index >= 15 is 0 Å². The Morgan fingerprint density at radius 3 is 2.73 bits per heavy atom. The maximum atomic E-state index is 9.10. The number of hydrogen-bond donors (Lipinski definition) is 3. The molecule has 4 nitrogen and oxygen atoms in total. The van der Waals surface area contributed by atoms with Gasteiger partial charge in [-0.1, -0.05) is 13.0 Å². The summed E-state index contributed by atoms with van der Waals surface area (Å²) >= 11 is 0. The predicted molar refractivity (Wildman–Crippen MR) is 58.8 cm³/mol. The summed E-state index contributed by atoms with van der Waals surface area (Å²) < 4.78 is 5.25. The minimum atomic E-state index is -0.866. The summed E-state index contributed by atoms with van der Waals surface area (Å²) in [5.74, 6) is 0.541.